The van der Waals surface area contributed by atoms with Crippen molar-refractivity contribution < 1.29 is 17.3 Å². The maximum atomic E-state index is 6.37. The fraction of sp³-hybridized carbons (Fsp3) is 0.333. The van der Waals surface area contributed by atoms with Crippen LogP contribution in [0.2, 0.25) is 0 Å². The number of rotatable bonds is 3. The fourth-order valence-electron chi connectivity index (χ4n) is 3.92. The summed E-state index contributed by atoms with van der Waals surface area (Å²) in [7, 11) is 0. The standard InChI is InChI=1S/C21H25ClN2.ClH/c1-14-8-6-9-15(2)20(14)23-13-24(19(12-22)18(23)5)21-16(3)10-7-11-17(21)4;/h6-11H,12-13H2,1-5H3;1H. The van der Waals surface area contributed by atoms with Crippen LogP contribution in [0.4, 0.5) is 11.4 Å². The molecule has 0 aliphatic carbocycles. The van der Waals surface area contributed by atoms with Crippen LogP contribution in [0.25, 0.3) is 0 Å². The molecule has 1 aliphatic rings. The molecule has 0 bridgehead atoms. The zero-order valence-corrected chi connectivity index (χ0v) is 17.1. The summed E-state index contributed by atoms with van der Waals surface area (Å²) in [4.78, 5) is 3.82. The minimum Gasteiger partial charge on any atom is -1.00 e. The number of nitrogens with zero attached hydrogens (tertiary/aromatic N) is 1. The molecule has 0 saturated heterocycles. The monoisotopic (exact) mass is 376 g/mol. The van der Waals surface area contributed by atoms with Crippen LogP contribution in [0.1, 0.15) is 29.2 Å². The van der Waals surface area contributed by atoms with Gasteiger partial charge >= 0.3 is 0 Å². The van der Waals surface area contributed by atoms with Crippen LogP contribution in [0.15, 0.2) is 47.8 Å². The van der Waals surface area contributed by atoms with E-state index in [2.05, 4.69) is 75.9 Å². The number of hydrogen-bond donors (Lipinski definition) is 1. The molecule has 0 saturated carbocycles. The maximum Gasteiger partial charge on any atom is 0.166 e. The van der Waals surface area contributed by atoms with Crippen LogP contribution in [-0.4, -0.2) is 12.5 Å². The number of nitrogens with one attached hydrogen (secondary N) is 1. The highest BCUT2D eigenvalue weighted by molar-refractivity contribution is 6.19. The number of anilines is 1. The Kier molecular flexibility index (Phi) is 6.21. The molecule has 0 fully saturated rings. The van der Waals surface area contributed by atoms with Crippen LogP contribution >= 0.6 is 11.6 Å². The highest BCUT2D eigenvalue weighted by atomic mass is 35.5. The predicted molar refractivity (Wildman–Crippen MR) is 103 cm³/mol. The van der Waals surface area contributed by atoms with Gasteiger partial charge in [0, 0.05) is 18.1 Å². The number of benzene rings is 2. The molecule has 1 N–H and O–H groups in total. The van der Waals surface area contributed by atoms with E-state index in [4.69, 9.17) is 11.6 Å². The number of allylic oxidation sites excluding steroid dienone is 2. The van der Waals surface area contributed by atoms with Gasteiger partial charge in [-0.05, 0) is 38.8 Å². The van der Waals surface area contributed by atoms with Gasteiger partial charge in [-0.2, -0.15) is 0 Å². The molecule has 1 heterocycles. The molecule has 0 aromatic heterocycles. The molecule has 1 atom stereocenters. The van der Waals surface area contributed by atoms with Gasteiger partial charge in [0.1, 0.15) is 11.4 Å². The summed E-state index contributed by atoms with van der Waals surface area (Å²) in [6, 6.07) is 13.0. The van der Waals surface area contributed by atoms with E-state index in [0.29, 0.717) is 5.88 Å². The van der Waals surface area contributed by atoms with E-state index in [9.17, 15) is 0 Å². The Hall–Kier alpha value is -1.48. The SMILES string of the molecule is CC1=C(CCl)N(c2c(C)cccc2C)C[NH+]1c1c(C)cccc1C.[Cl-]. The Morgan fingerprint density at radius 3 is 1.84 bits per heavy atom. The van der Waals surface area contributed by atoms with Crippen molar-refractivity contribution in [2.75, 3.05) is 17.4 Å². The topological polar surface area (TPSA) is 7.68 Å². The Balaban J connectivity index is 0.00000225. The molecule has 25 heavy (non-hydrogen) atoms. The minimum atomic E-state index is 0. The van der Waals surface area contributed by atoms with Crippen molar-refractivity contribution in [1.82, 2.24) is 0 Å². The third kappa shape index (κ3) is 3.44. The quantitative estimate of drug-likeness (QED) is 0.795. The molecule has 2 nitrogen and oxygen atoms in total. The highest BCUT2D eigenvalue weighted by Gasteiger charge is 2.35. The van der Waals surface area contributed by atoms with Gasteiger partial charge < -0.3 is 12.4 Å². The lowest BCUT2D eigenvalue weighted by atomic mass is 10.1. The second-order valence-electron chi connectivity index (χ2n) is 6.78. The zero-order valence-electron chi connectivity index (χ0n) is 15.6. The maximum absolute atomic E-state index is 6.37. The predicted octanol–water partition coefficient (Wildman–Crippen LogP) is 1.39. The molecule has 3 rings (SSSR count). The third-order valence-corrected chi connectivity index (χ3v) is 5.40. The molecule has 134 valence electrons. The van der Waals surface area contributed by atoms with Gasteiger partial charge in [-0.15, -0.1) is 11.6 Å². The zero-order chi connectivity index (χ0) is 17.4. The first-order chi connectivity index (χ1) is 11.5. The van der Waals surface area contributed by atoms with Crippen LogP contribution in [0, 0.1) is 27.7 Å². The van der Waals surface area contributed by atoms with E-state index in [1.165, 1.54) is 49.9 Å². The van der Waals surface area contributed by atoms with Crippen molar-refractivity contribution in [3.8, 4) is 0 Å². The first kappa shape index (κ1) is 19.8. The Morgan fingerprint density at radius 1 is 0.880 bits per heavy atom. The number of quaternary nitrogens is 1. The van der Waals surface area contributed by atoms with Gasteiger partial charge in [-0.25, -0.2) is 0 Å². The summed E-state index contributed by atoms with van der Waals surface area (Å²) >= 11 is 6.37. The van der Waals surface area contributed by atoms with Crippen LogP contribution in [0.3, 0.4) is 0 Å². The van der Waals surface area contributed by atoms with E-state index in [-0.39, 0.29) is 12.4 Å². The second kappa shape index (κ2) is 7.82. The summed E-state index contributed by atoms with van der Waals surface area (Å²) in [5.41, 5.74) is 10.5. The van der Waals surface area contributed by atoms with E-state index >= 15 is 0 Å². The van der Waals surface area contributed by atoms with Crippen molar-refractivity contribution in [2.45, 2.75) is 34.6 Å². The second-order valence-corrected chi connectivity index (χ2v) is 7.04. The summed E-state index contributed by atoms with van der Waals surface area (Å²) in [6.45, 7) is 11.9. The number of alkyl halides is 1. The van der Waals surface area contributed by atoms with Gasteiger partial charge in [0.2, 0.25) is 0 Å². The Labute approximate surface area is 162 Å². The molecule has 2 aromatic carbocycles. The first-order valence-electron chi connectivity index (χ1n) is 8.48. The van der Waals surface area contributed by atoms with Gasteiger partial charge in [0.05, 0.1) is 17.3 Å². The van der Waals surface area contributed by atoms with E-state index in [1.54, 1.807) is 0 Å². The number of aryl methyl sites for hydroxylation is 4. The van der Waals surface area contributed by atoms with Gasteiger partial charge in [-0.3, -0.25) is 9.80 Å². The largest absolute Gasteiger partial charge is 1.00 e. The molecule has 0 radical (unpaired) electrons. The molecular weight excluding hydrogens is 351 g/mol. The average Bonchev–Trinajstić information content (AvgIpc) is 2.83. The van der Waals surface area contributed by atoms with E-state index in [1.807, 2.05) is 0 Å². The molecule has 0 spiro atoms. The van der Waals surface area contributed by atoms with E-state index < -0.39 is 0 Å². The smallest absolute Gasteiger partial charge is 0.166 e. The molecule has 1 unspecified atom stereocenters. The molecule has 1 aliphatic heterocycles. The molecule has 2 aromatic rings. The summed E-state index contributed by atoms with van der Waals surface area (Å²) in [6.07, 6.45) is 0. The molecule has 4 heteroatoms. The summed E-state index contributed by atoms with van der Waals surface area (Å²) in [5, 5.41) is 0. The van der Waals surface area contributed by atoms with Crippen molar-refractivity contribution in [2.24, 2.45) is 0 Å². The van der Waals surface area contributed by atoms with Crippen LogP contribution < -0.4 is 22.2 Å². The summed E-state index contributed by atoms with van der Waals surface area (Å²) in [5.74, 6) is 0.536. The lowest BCUT2D eigenvalue weighted by Gasteiger charge is -2.24. The van der Waals surface area contributed by atoms with Crippen molar-refractivity contribution in [3.05, 3.63) is 70.0 Å². The molecular formula is C21H26Cl2N2. The third-order valence-electron chi connectivity index (χ3n) is 5.15. The Morgan fingerprint density at radius 2 is 1.36 bits per heavy atom. The first-order valence-corrected chi connectivity index (χ1v) is 9.01. The molecule has 0 amide bonds. The van der Waals surface area contributed by atoms with E-state index in [0.717, 1.165) is 6.67 Å². The van der Waals surface area contributed by atoms with Crippen LogP contribution in [0.5, 0.6) is 0 Å². The number of halogens is 2. The average molecular weight is 377 g/mol. The van der Waals surface area contributed by atoms with Crippen molar-refractivity contribution >= 4 is 23.0 Å². The van der Waals surface area contributed by atoms with Crippen molar-refractivity contribution in [1.29, 1.82) is 0 Å². The lowest BCUT2D eigenvalue weighted by Crippen LogP contribution is -3.05. The lowest BCUT2D eigenvalue weighted by molar-refractivity contribution is -0.783. The highest BCUT2D eigenvalue weighted by Crippen LogP contribution is 2.31. The number of para-hydroxylation sites is 2. The number of hydrogen-bond acceptors (Lipinski definition) is 1. The van der Waals surface area contributed by atoms with Gasteiger partial charge in [0.25, 0.3) is 0 Å². The van der Waals surface area contributed by atoms with Crippen molar-refractivity contribution in [3.63, 3.8) is 0 Å². The van der Waals surface area contributed by atoms with Gasteiger partial charge in [-0.1, -0.05) is 36.4 Å². The Bertz CT molecular complexity index is 771. The fourth-order valence-corrected chi connectivity index (χ4v) is 4.27. The van der Waals surface area contributed by atoms with Gasteiger partial charge in [0.15, 0.2) is 6.67 Å². The summed E-state index contributed by atoms with van der Waals surface area (Å²) < 4.78 is 0. The van der Waals surface area contributed by atoms with Crippen LogP contribution in [-0.2, 0) is 0 Å². The normalized spacial score (nSPS) is 17.0. The minimum absolute atomic E-state index is 0.